The Hall–Kier alpha value is -1.94. The molecule has 2 heterocycles. The highest BCUT2D eigenvalue weighted by atomic mass is 16.5. The van der Waals surface area contributed by atoms with Gasteiger partial charge < -0.3 is 9.84 Å². The lowest BCUT2D eigenvalue weighted by Crippen LogP contribution is -2.27. The number of unbranched alkanes of at least 4 members (excludes halogenated alkanes) is 1. The van der Waals surface area contributed by atoms with Gasteiger partial charge in [0.25, 0.3) is 0 Å². The molecule has 2 fully saturated rings. The summed E-state index contributed by atoms with van der Waals surface area (Å²) in [6.45, 7) is 6.25. The van der Waals surface area contributed by atoms with Gasteiger partial charge in [-0.15, -0.1) is 0 Å². The van der Waals surface area contributed by atoms with E-state index in [1.165, 1.54) is 0 Å². The van der Waals surface area contributed by atoms with Gasteiger partial charge in [-0.1, -0.05) is 51.8 Å². The third-order valence-electron chi connectivity index (χ3n) is 6.75. The number of carboxylic acids is 1. The summed E-state index contributed by atoms with van der Waals surface area (Å²) < 4.78 is 6.18. The summed E-state index contributed by atoms with van der Waals surface area (Å²) in [4.78, 5) is 23.7. The third kappa shape index (κ3) is 5.16. The first-order valence-electron chi connectivity index (χ1n) is 11.0. The standard InChI is InChI=1S/C25H34O4/c1-4-5-16-25(2,3)23(26)15-12-20-19(21-13-14-22(20)29-21)11-8-17-6-9-18(10-7-17)24(27)28/h6-7,9-10,12,15,19-22H,4-5,8,11,13-14,16H2,1-3H3,(H,27,28)/t19-,20-,21+,22-/m0/s1. The Morgan fingerprint density at radius 2 is 1.86 bits per heavy atom. The van der Waals surface area contributed by atoms with E-state index in [0.717, 1.165) is 50.5 Å². The highest BCUT2D eigenvalue weighted by Crippen LogP contribution is 2.46. The van der Waals surface area contributed by atoms with E-state index in [9.17, 15) is 9.59 Å². The number of carboxylic acid groups (broad SMARTS) is 1. The Balaban J connectivity index is 1.62. The minimum Gasteiger partial charge on any atom is -0.478 e. The molecule has 3 rings (SSSR count). The smallest absolute Gasteiger partial charge is 0.335 e. The first-order chi connectivity index (χ1) is 13.8. The fraction of sp³-hybridized carbons (Fsp3) is 0.600. The monoisotopic (exact) mass is 398 g/mol. The molecule has 0 amide bonds. The van der Waals surface area contributed by atoms with Crippen molar-refractivity contribution in [3.63, 3.8) is 0 Å². The van der Waals surface area contributed by atoms with Crippen LogP contribution in [0.3, 0.4) is 0 Å². The summed E-state index contributed by atoms with van der Waals surface area (Å²) in [6, 6.07) is 7.15. The number of aryl methyl sites for hydroxylation is 1. The van der Waals surface area contributed by atoms with Gasteiger partial charge in [-0.2, -0.15) is 0 Å². The van der Waals surface area contributed by atoms with Crippen molar-refractivity contribution in [2.75, 3.05) is 0 Å². The fourth-order valence-electron chi connectivity index (χ4n) is 4.77. The Labute approximate surface area is 174 Å². The number of hydrogen-bond donors (Lipinski definition) is 1. The maximum atomic E-state index is 12.7. The lowest BCUT2D eigenvalue weighted by molar-refractivity contribution is -0.122. The molecule has 0 aliphatic carbocycles. The molecule has 2 aliphatic heterocycles. The molecule has 0 aromatic heterocycles. The van der Waals surface area contributed by atoms with E-state index in [4.69, 9.17) is 9.84 Å². The molecule has 0 unspecified atom stereocenters. The number of rotatable bonds is 10. The quantitative estimate of drug-likeness (QED) is 0.532. The highest BCUT2D eigenvalue weighted by molar-refractivity contribution is 5.94. The molecule has 0 radical (unpaired) electrons. The van der Waals surface area contributed by atoms with E-state index in [1.807, 2.05) is 32.1 Å². The average molecular weight is 399 g/mol. The lowest BCUT2D eigenvalue weighted by Gasteiger charge is -2.26. The minimum absolute atomic E-state index is 0.219. The number of allylic oxidation sites excluding steroid dienone is 1. The van der Waals surface area contributed by atoms with Crippen molar-refractivity contribution < 1.29 is 19.4 Å². The van der Waals surface area contributed by atoms with Gasteiger partial charge in [0, 0.05) is 11.3 Å². The van der Waals surface area contributed by atoms with Crippen molar-refractivity contribution in [3.8, 4) is 0 Å². The van der Waals surface area contributed by atoms with Crippen molar-refractivity contribution >= 4 is 11.8 Å². The summed E-state index contributed by atoms with van der Waals surface area (Å²) in [5, 5.41) is 9.04. The molecule has 4 nitrogen and oxygen atoms in total. The van der Waals surface area contributed by atoms with Crippen LogP contribution >= 0.6 is 0 Å². The van der Waals surface area contributed by atoms with E-state index in [2.05, 4.69) is 13.0 Å². The van der Waals surface area contributed by atoms with Crippen LogP contribution in [-0.4, -0.2) is 29.1 Å². The number of ketones is 1. The Bertz CT molecular complexity index is 747. The highest BCUT2D eigenvalue weighted by Gasteiger charge is 2.47. The van der Waals surface area contributed by atoms with Gasteiger partial charge in [-0.25, -0.2) is 4.79 Å². The molecule has 0 saturated carbocycles. The van der Waals surface area contributed by atoms with E-state index in [-0.39, 0.29) is 23.4 Å². The van der Waals surface area contributed by atoms with Crippen LogP contribution in [0.4, 0.5) is 0 Å². The fourth-order valence-corrected chi connectivity index (χ4v) is 4.77. The van der Waals surface area contributed by atoms with Crippen LogP contribution in [-0.2, 0) is 16.0 Å². The molecular weight excluding hydrogens is 364 g/mol. The van der Waals surface area contributed by atoms with Crippen LogP contribution in [0, 0.1) is 17.3 Å². The van der Waals surface area contributed by atoms with E-state index in [0.29, 0.717) is 17.4 Å². The maximum absolute atomic E-state index is 12.7. The zero-order chi connectivity index (χ0) is 21.0. The number of carbonyl (C=O) groups excluding carboxylic acids is 1. The maximum Gasteiger partial charge on any atom is 0.335 e. The number of hydrogen-bond acceptors (Lipinski definition) is 3. The molecule has 2 aliphatic rings. The van der Waals surface area contributed by atoms with E-state index in [1.54, 1.807) is 12.1 Å². The summed E-state index contributed by atoms with van der Waals surface area (Å²) in [7, 11) is 0. The molecule has 1 N–H and O–H groups in total. The van der Waals surface area contributed by atoms with Crippen LogP contribution < -0.4 is 0 Å². The van der Waals surface area contributed by atoms with Gasteiger partial charge in [-0.3, -0.25) is 4.79 Å². The van der Waals surface area contributed by atoms with Crippen molar-refractivity contribution in [2.45, 2.75) is 77.9 Å². The van der Waals surface area contributed by atoms with E-state index < -0.39 is 5.97 Å². The molecule has 4 heteroatoms. The normalized spacial score (nSPS) is 26.3. The number of aromatic carboxylic acids is 1. The van der Waals surface area contributed by atoms with Crippen LogP contribution in [0.25, 0.3) is 0 Å². The first kappa shape index (κ1) is 21.8. The molecule has 0 spiro atoms. The predicted octanol–water partition coefficient (Wildman–Crippen LogP) is 5.45. The van der Waals surface area contributed by atoms with Gasteiger partial charge in [0.1, 0.15) is 0 Å². The Kier molecular flexibility index (Phi) is 6.94. The van der Waals surface area contributed by atoms with Crippen LogP contribution in [0.2, 0.25) is 0 Å². The molecule has 1 aromatic rings. The van der Waals surface area contributed by atoms with E-state index >= 15 is 0 Å². The van der Waals surface area contributed by atoms with Crippen molar-refractivity contribution in [3.05, 3.63) is 47.5 Å². The molecule has 4 atom stereocenters. The second-order valence-corrected chi connectivity index (χ2v) is 9.28. The summed E-state index contributed by atoms with van der Waals surface area (Å²) in [6.07, 6.45) is 11.7. The number of ether oxygens (including phenoxy) is 1. The van der Waals surface area contributed by atoms with Crippen LogP contribution in [0.15, 0.2) is 36.4 Å². The third-order valence-corrected chi connectivity index (χ3v) is 6.75. The number of fused-ring (bicyclic) bond motifs is 2. The topological polar surface area (TPSA) is 63.6 Å². The summed E-state index contributed by atoms with van der Waals surface area (Å²) in [5.41, 5.74) is 1.17. The van der Waals surface area contributed by atoms with Gasteiger partial charge in [0.05, 0.1) is 17.8 Å². The first-order valence-corrected chi connectivity index (χ1v) is 11.0. The van der Waals surface area contributed by atoms with Crippen molar-refractivity contribution in [1.29, 1.82) is 0 Å². The molecule has 29 heavy (non-hydrogen) atoms. The summed E-state index contributed by atoms with van der Waals surface area (Å²) >= 11 is 0. The minimum atomic E-state index is -0.894. The zero-order valence-electron chi connectivity index (χ0n) is 17.9. The number of carbonyl (C=O) groups is 2. The molecule has 1 aromatic carbocycles. The van der Waals surface area contributed by atoms with Crippen molar-refractivity contribution in [1.82, 2.24) is 0 Å². The molecule has 2 bridgehead atoms. The Morgan fingerprint density at radius 1 is 1.17 bits per heavy atom. The molecule has 158 valence electrons. The molecular formula is C25H34O4. The average Bonchev–Trinajstić information content (AvgIpc) is 3.30. The van der Waals surface area contributed by atoms with Gasteiger partial charge in [0.2, 0.25) is 0 Å². The zero-order valence-corrected chi connectivity index (χ0v) is 17.9. The van der Waals surface area contributed by atoms with Gasteiger partial charge >= 0.3 is 5.97 Å². The van der Waals surface area contributed by atoms with Crippen molar-refractivity contribution in [2.24, 2.45) is 17.3 Å². The Morgan fingerprint density at radius 3 is 2.52 bits per heavy atom. The van der Waals surface area contributed by atoms with Crippen LogP contribution in [0.1, 0.15) is 75.2 Å². The molecule has 2 saturated heterocycles. The second-order valence-electron chi connectivity index (χ2n) is 9.28. The second kappa shape index (κ2) is 9.25. The van der Waals surface area contributed by atoms with Gasteiger partial charge in [0.15, 0.2) is 5.78 Å². The van der Waals surface area contributed by atoms with Crippen LogP contribution in [0.5, 0.6) is 0 Å². The SMILES string of the molecule is CCCCC(C)(C)C(=O)C=C[C@H]1[C@H](CCc2ccc(C(=O)O)cc2)[C@H]2CC[C@@H]1O2. The largest absolute Gasteiger partial charge is 0.478 e. The van der Waals surface area contributed by atoms with Gasteiger partial charge in [-0.05, 0) is 61.8 Å². The number of benzene rings is 1. The summed E-state index contributed by atoms with van der Waals surface area (Å²) in [5.74, 6) is 0.0557. The lowest BCUT2D eigenvalue weighted by atomic mass is 9.75. The predicted molar refractivity (Wildman–Crippen MR) is 114 cm³/mol.